The first-order valence-corrected chi connectivity index (χ1v) is 7.16. The number of carboxylic acid groups (broad SMARTS) is 1. The van der Waals surface area contributed by atoms with Crippen molar-refractivity contribution in [1.29, 1.82) is 0 Å². The van der Waals surface area contributed by atoms with E-state index in [2.05, 4.69) is 27.6 Å². The third-order valence-electron chi connectivity index (χ3n) is 3.06. The largest absolute Gasteiger partial charge is 0.480 e. The molecule has 0 fully saturated rings. The van der Waals surface area contributed by atoms with Crippen LogP contribution in [-0.4, -0.2) is 20.6 Å². The van der Waals surface area contributed by atoms with Gasteiger partial charge in [-0.2, -0.15) is 0 Å². The highest BCUT2D eigenvalue weighted by atomic mass is 127. The van der Waals surface area contributed by atoms with Crippen molar-refractivity contribution in [2.75, 3.05) is 0 Å². The van der Waals surface area contributed by atoms with Crippen molar-refractivity contribution in [2.24, 2.45) is 0 Å². The van der Waals surface area contributed by atoms with E-state index in [4.69, 9.17) is 5.11 Å². The minimum Gasteiger partial charge on any atom is -0.480 e. The summed E-state index contributed by atoms with van der Waals surface area (Å²) in [5, 5.41) is 9.13. The number of carbonyl (C=O) groups is 1. The molecule has 0 saturated heterocycles. The number of rotatable bonds is 3. The van der Waals surface area contributed by atoms with Crippen molar-refractivity contribution in [1.82, 2.24) is 9.55 Å². The second-order valence-electron chi connectivity index (χ2n) is 4.38. The lowest BCUT2D eigenvalue weighted by molar-refractivity contribution is -0.137. The number of hydrogen-bond acceptors (Lipinski definition) is 2. The monoisotopic (exact) mass is 378 g/mol. The standard InChI is InChI=1S/C15H11IN2O2/c16-11-6-2-1-5-10(11)15-17-12-7-3-4-8-13(12)18(15)9-14(19)20/h1-8H,9H2,(H,19,20). The zero-order valence-electron chi connectivity index (χ0n) is 10.5. The predicted octanol–water partition coefficient (Wildman–Crippen LogP) is 3.39. The number of halogens is 1. The number of fused-ring (bicyclic) bond motifs is 1. The van der Waals surface area contributed by atoms with Gasteiger partial charge in [0.2, 0.25) is 0 Å². The molecule has 1 N–H and O–H groups in total. The Hall–Kier alpha value is -1.89. The Bertz CT molecular complexity index is 795. The molecular weight excluding hydrogens is 367 g/mol. The van der Waals surface area contributed by atoms with E-state index in [1.54, 1.807) is 4.57 Å². The smallest absolute Gasteiger partial charge is 0.323 e. The van der Waals surface area contributed by atoms with Crippen LogP contribution in [0.3, 0.4) is 0 Å². The lowest BCUT2D eigenvalue weighted by atomic mass is 10.2. The number of benzene rings is 2. The van der Waals surface area contributed by atoms with Gasteiger partial charge in [0.05, 0.1) is 11.0 Å². The molecule has 0 amide bonds. The van der Waals surface area contributed by atoms with Crippen molar-refractivity contribution in [2.45, 2.75) is 6.54 Å². The van der Waals surface area contributed by atoms with Crippen LogP contribution in [0.1, 0.15) is 0 Å². The van der Waals surface area contributed by atoms with Gasteiger partial charge in [0.1, 0.15) is 12.4 Å². The summed E-state index contributed by atoms with van der Waals surface area (Å²) in [6, 6.07) is 15.4. The lowest BCUT2D eigenvalue weighted by Gasteiger charge is -2.07. The maximum atomic E-state index is 11.1. The molecular formula is C15H11IN2O2. The average molecular weight is 378 g/mol. The molecule has 1 heterocycles. The number of para-hydroxylation sites is 2. The maximum absolute atomic E-state index is 11.1. The van der Waals surface area contributed by atoms with E-state index in [-0.39, 0.29) is 6.54 Å². The van der Waals surface area contributed by atoms with Crippen LogP contribution in [0.2, 0.25) is 0 Å². The minimum atomic E-state index is -0.875. The highest BCUT2D eigenvalue weighted by Crippen LogP contribution is 2.28. The van der Waals surface area contributed by atoms with E-state index in [1.165, 1.54) is 0 Å². The Kier molecular flexibility index (Phi) is 3.43. The lowest BCUT2D eigenvalue weighted by Crippen LogP contribution is -2.10. The molecule has 20 heavy (non-hydrogen) atoms. The molecule has 0 saturated carbocycles. The number of aliphatic carboxylic acids is 1. The molecule has 0 aliphatic heterocycles. The van der Waals surface area contributed by atoms with Crippen LogP contribution >= 0.6 is 22.6 Å². The highest BCUT2D eigenvalue weighted by Gasteiger charge is 2.15. The van der Waals surface area contributed by atoms with Gasteiger partial charge in [-0.1, -0.05) is 30.3 Å². The average Bonchev–Trinajstić information content (AvgIpc) is 2.78. The molecule has 0 spiro atoms. The van der Waals surface area contributed by atoms with Crippen molar-refractivity contribution in [3.05, 3.63) is 52.1 Å². The Morgan fingerprint density at radius 1 is 1.15 bits per heavy atom. The van der Waals surface area contributed by atoms with Crippen LogP contribution in [0.25, 0.3) is 22.4 Å². The van der Waals surface area contributed by atoms with Crippen LogP contribution < -0.4 is 0 Å². The van der Waals surface area contributed by atoms with Gasteiger partial charge in [-0.3, -0.25) is 4.79 Å². The van der Waals surface area contributed by atoms with E-state index < -0.39 is 5.97 Å². The highest BCUT2D eigenvalue weighted by molar-refractivity contribution is 14.1. The molecule has 0 atom stereocenters. The van der Waals surface area contributed by atoms with E-state index >= 15 is 0 Å². The molecule has 0 aliphatic carbocycles. The fraction of sp³-hybridized carbons (Fsp3) is 0.0667. The van der Waals surface area contributed by atoms with Gasteiger partial charge in [-0.05, 0) is 40.8 Å². The first kappa shape index (κ1) is 13.1. The quantitative estimate of drug-likeness (QED) is 0.711. The molecule has 0 unspecified atom stereocenters. The Morgan fingerprint density at radius 3 is 2.60 bits per heavy atom. The number of hydrogen-bond donors (Lipinski definition) is 1. The fourth-order valence-corrected chi connectivity index (χ4v) is 2.85. The summed E-state index contributed by atoms with van der Waals surface area (Å²) in [6.07, 6.45) is 0. The molecule has 2 aromatic carbocycles. The summed E-state index contributed by atoms with van der Waals surface area (Å²) < 4.78 is 2.79. The molecule has 100 valence electrons. The molecule has 3 rings (SSSR count). The van der Waals surface area contributed by atoms with Crippen LogP contribution in [0.4, 0.5) is 0 Å². The summed E-state index contributed by atoms with van der Waals surface area (Å²) in [5.41, 5.74) is 2.60. The number of nitrogens with zero attached hydrogens (tertiary/aromatic N) is 2. The SMILES string of the molecule is O=C(O)Cn1c(-c2ccccc2I)nc2ccccc21. The second-order valence-corrected chi connectivity index (χ2v) is 5.55. The number of imidazole rings is 1. The van der Waals surface area contributed by atoms with Crippen molar-refractivity contribution in [3.63, 3.8) is 0 Å². The zero-order valence-corrected chi connectivity index (χ0v) is 12.6. The van der Waals surface area contributed by atoms with Gasteiger partial charge < -0.3 is 9.67 Å². The molecule has 1 aromatic heterocycles. The van der Waals surface area contributed by atoms with Crippen LogP contribution in [0, 0.1) is 3.57 Å². The summed E-state index contributed by atoms with van der Waals surface area (Å²) >= 11 is 2.24. The van der Waals surface area contributed by atoms with Gasteiger partial charge in [-0.15, -0.1) is 0 Å². The van der Waals surface area contributed by atoms with Gasteiger partial charge in [0.15, 0.2) is 0 Å². The van der Waals surface area contributed by atoms with Gasteiger partial charge in [0, 0.05) is 9.13 Å². The zero-order chi connectivity index (χ0) is 14.1. The summed E-state index contributed by atoms with van der Waals surface area (Å²) in [4.78, 5) is 15.7. The van der Waals surface area contributed by atoms with Gasteiger partial charge in [0.25, 0.3) is 0 Å². The number of aromatic nitrogens is 2. The fourth-order valence-electron chi connectivity index (χ4n) is 2.22. The first-order valence-electron chi connectivity index (χ1n) is 6.09. The third-order valence-corrected chi connectivity index (χ3v) is 4.00. The van der Waals surface area contributed by atoms with E-state index in [1.807, 2.05) is 48.5 Å². The summed E-state index contributed by atoms with van der Waals surface area (Å²) in [6.45, 7) is -0.0964. The van der Waals surface area contributed by atoms with Gasteiger partial charge in [-0.25, -0.2) is 4.98 Å². The molecule has 3 aromatic rings. The molecule has 4 nitrogen and oxygen atoms in total. The van der Waals surface area contributed by atoms with Gasteiger partial charge >= 0.3 is 5.97 Å². The first-order chi connectivity index (χ1) is 9.66. The van der Waals surface area contributed by atoms with Crippen molar-refractivity contribution >= 4 is 39.6 Å². The third kappa shape index (κ3) is 2.29. The van der Waals surface area contributed by atoms with Crippen LogP contribution in [0.15, 0.2) is 48.5 Å². The van der Waals surface area contributed by atoms with E-state index in [0.717, 1.165) is 20.2 Å². The normalized spacial score (nSPS) is 10.8. The maximum Gasteiger partial charge on any atom is 0.323 e. The summed E-state index contributed by atoms with van der Waals surface area (Å²) in [7, 11) is 0. The predicted molar refractivity (Wildman–Crippen MR) is 85.5 cm³/mol. The topological polar surface area (TPSA) is 55.1 Å². The second kappa shape index (κ2) is 5.24. The van der Waals surface area contributed by atoms with E-state index in [9.17, 15) is 4.79 Å². The number of carboxylic acids is 1. The van der Waals surface area contributed by atoms with E-state index in [0.29, 0.717) is 5.82 Å². The molecule has 0 bridgehead atoms. The van der Waals surface area contributed by atoms with Crippen molar-refractivity contribution < 1.29 is 9.90 Å². The van der Waals surface area contributed by atoms with Crippen LogP contribution in [0.5, 0.6) is 0 Å². The Labute approximate surface area is 129 Å². The molecule has 0 aliphatic rings. The summed E-state index contributed by atoms with van der Waals surface area (Å²) in [5.74, 6) is -0.182. The van der Waals surface area contributed by atoms with Crippen molar-refractivity contribution in [3.8, 4) is 11.4 Å². The Balaban J connectivity index is 2.29. The molecule has 0 radical (unpaired) electrons. The minimum absolute atomic E-state index is 0.0964. The molecule has 5 heteroatoms. The van der Waals surface area contributed by atoms with Crippen LogP contribution in [-0.2, 0) is 11.3 Å². The Morgan fingerprint density at radius 2 is 1.85 bits per heavy atom.